The monoisotopic (exact) mass is 426 g/mol. The van der Waals surface area contributed by atoms with E-state index in [2.05, 4.69) is 10.3 Å². The van der Waals surface area contributed by atoms with E-state index in [1.165, 1.54) is 27.8 Å². The van der Waals surface area contributed by atoms with E-state index in [0.29, 0.717) is 39.4 Å². The number of nitrogens with one attached hydrogen (secondary N) is 1. The van der Waals surface area contributed by atoms with Gasteiger partial charge in [0.25, 0.3) is 10.2 Å². The second-order valence-electron chi connectivity index (χ2n) is 6.88. The number of aromatic nitrogens is 1. The van der Waals surface area contributed by atoms with Gasteiger partial charge in [0.1, 0.15) is 5.82 Å². The van der Waals surface area contributed by atoms with E-state index < -0.39 is 10.2 Å². The highest BCUT2D eigenvalue weighted by Crippen LogP contribution is 2.27. The van der Waals surface area contributed by atoms with Gasteiger partial charge < -0.3 is 10.1 Å². The van der Waals surface area contributed by atoms with Crippen LogP contribution in [0.4, 0.5) is 9.52 Å². The van der Waals surface area contributed by atoms with Crippen molar-refractivity contribution in [2.45, 2.75) is 18.9 Å². The lowest BCUT2D eigenvalue weighted by Gasteiger charge is -2.36. The van der Waals surface area contributed by atoms with Crippen molar-refractivity contribution in [3.63, 3.8) is 0 Å². The minimum atomic E-state index is -3.40. The molecule has 0 amide bonds. The average Bonchev–Trinajstić information content (AvgIpc) is 3.18. The van der Waals surface area contributed by atoms with Gasteiger partial charge in [-0.3, -0.25) is 0 Å². The summed E-state index contributed by atoms with van der Waals surface area (Å²) in [7, 11) is -3.40. The average molecular weight is 427 g/mol. The Morgan fingerprint density at radius 1 is 1.07 bits per heavy atom. The molecule has 3 heterocycles. The van der Waals surface area contributed by atoms with Gasteiger partial charge in [0.2, 0.25) is 0 Å². The smallest absolute Gasteiger partial charge is 0.282 e. The summed E-state index contributed by atoms with van der Waals surface area (Å²) >= 11 is 1.50. The minimum Gasteiger partial charge on any atom is -0.379 e. The van der Waals surface area contributed by atoms with Gasteiger partial charge in [-0.2, -0.15) is 17.0 Å². The molecule has 1 aromatic heterocycles. The number of ether oxygens (including phenoxy) is 1. The predicted octanol–water partition coefficient (Wildman–Crippen LogP) is 2.40. The van der Waals surface area contributed by atoms with Crippen molar-refractivity contribution in [3.8, 4) is 11.3 Å². The highest BCUT2D eigenvalue weighted by Gasteiger charge is 2.33. The Balaban J connectivity index is 1.33. The van der Waals surface area contributed by atoms with Gasteiger partial charge in [-0.1, -0.05) is 0 Å². The third-order valence-corrected chi connectivity index (χ3v) is 7.86. The van der Waals surface area contributed by atoms with Gasteiger partial charge in [0.05, 0.1) is 18.9 Å². The number of piperidine rings is 1. The number of hydrogen-bond donors (Lipinski definition) is 1. The molecule has 28 heavy (non-hydrogen) atoms. The van der Waals surface area contributed by atoms with E-state index >= 15 is 0 Å². The summed E-state index contributed by atoms with van der Waals surface area (Å²) in [5, 5.41) is 6.15. The summed E-state index contributed by atoms with van der Waals surface area (Å²) in [6.45, 7) is 2.74. The molecule has 1 aromatic carbocycles. The van der Waals surface area contributed by atoms with Gasteiger partial charge in [-0.05, 0) is 37.1 Å². The van der Waals surface area contributed by atoms with Gasteiger partial charge in [-0.25, -0.2) is 9.37 Å². The van der Waals surface area contributed by atoms with Crippen molar-refractivity contribution in [2.24, 2.45) is 0 Å². The molecule has 1 N–H and O–H groups in total. The molecular weight excluding hydrogens is 403 g/mol. The Bertz CT molecular complexity index is 890. The first-order valence-corrected chi connectivity index (χ1v) is 11.6. The number of benzene rings is 1. The molecule has 0 radical (unpaired) electrons. The molecular formula is C18H23FN4O3S2. The van der Waals surface area contributed by atoms with E-state index in [-0.39, 0.29) is 11.9 Å². The number of rotatable bonds is 5. The van der Waals surface area contributed by atoms with Crippen LogP contribution in [0.15, 0.2) is 29.6 Å². The molecule has 0 unspecified atom stereocenters. The first-order valence-electron chi connectivity index (χ1n) is 9.33. The van der Waals surface area contributed by atoms with E-state index in [1.54, 1.807) is 16.4 Å². The molecule has 0 saturated carbocycles. The number of thiazole rings is 1. The molecule has 10 heteroatoms. The molecule has 4 rings (SSSR count). The fourth-order valence-electron chi connectivity index (χ4n) is 3.44. The van der Waals surface area contributed by atoms with Crippen molar-refractivity contribution in [1.29, 1.82) is 0 Å². The maximum Gasteiger partial charge on any atom is 0.282 e. The van der Waals surface area contributed by atoms with Crippen molar-refractivity contribution in [3.05, 3.63) is 35.5 Å². The van der Waals surface area contributed by atoms with Crippen molar-refractivity contribution in [1.82, 2.24) is 13.6 Å². The lowest BCUT2D eigenvalue weighted by molar-refractivity contribution is 0.0697. The minimum absolute atomic E-state index is 0.184. The fraction of sp³-hybridized carbons (Fsp3) is 0.500. The van der Waals surface area contributed by atoms with Crippen LogP contribution in [0.1, 0.15) is 12.8 Å². The van der Waals surface area contributed by atoms with Crippen molar-refractivity contribution in [2.75, 3.05) is 44.7 Å². The number of hydrogen-bond acceptors (Lipinski definition) is 6. The summed E-state index contributed by atoms with van der Waals surface area (Å²) < 4.78 is 46.9. The molecule has 2 aliphatic heterocycles. The molecule has 2 fully saturated rings. The van der Waals surface area contributed by atoms with Crippen LogP contribution in [-0.4, -0.2) is 67.4 Å². The number of anilines is 1. The topological polar surface area (TPSA) is 74.8 Å². The number of morpholine rings is 1. The standard InChI is InChI=1S/C18H23FN4O3S2/c19-15-3-1-14(2-4-15)17-13-27-18(21-17)20-16-5-7-22(8-6-16)28(24,25)23-9-11-26-12-10-23/h1-4,13,16H,5-12H2,(H,20,21). The third-order valence-electron chi connectivity index (χ3n) is 5.05. The second kappa shape index (κ2) is 8.42. The maximum absolute atomic E-state index is 13.1. The van der Waals surface area contributed by atoms with Gasteiger partial charge in [-0.15, -0.1) is 11.3 Å². The van der Waals surface area contributed by atoms with Gasteiger partial charge >= 0.3 is 0 Å². The third kappa shape index (κ3) is 4.36. The Kier molecular flexibility index (Phi) is 5.93. The summed E-state index contributed by atoms with van der Waals surface area (Å²) in [5.74, 6) is -0.267. The molecule has 2 saturated heterocycles. The largest absolute Gasteiger partial charge is 0.379 e. The molecule has 0 spiro atoms. The normalized spacial score (nSPS) is 20.3. The summed E-state index contributed by atoms with van der Waals surface area (Å²) in [5.41, 5.74) is 1.68. The fourth-order valence-corrected chi connectivity index (χ4v) is 5.85. The van der Waals surface area contributed by atoms with Crippen LogP contribution in [0, 0.1) is 5.82 Å². The SMILES string of the molecule is O=S(=O)(N1CCOCC1)N1CCC(Nc2nc(-c3ccc(F)cc3)cs2)CC1. The van der Waals surface area contributed by atoms with Crippen LogP contribution in [0.2, 0.25) is 0 Å². The molecule has 0 aliphatic carbocycles. The Labute approximate surface area is 168 Å². The number of nitrogens with zero attached hydrogens (tertiary/aromatic N) is 3. The highest BCUT2D eigenvalue weighted by molar-refractivity contribution is 7.86. The first-order chi connectivity index (χ1) is 13.5. The van der Waals surface area contributed by atoms with Crippen LogP contribution in [-0.2, 0) is 14.9 Å². The van der Waals surface area contributed by atoms with Crippen LogP contribution >= 0.6 is 11.3 Å². The van der Waals surface area contributed by atoms with Crippen LogP contribution in [0.3, 0.4) is 0 Å². The summed E-state index contributed by atoms with van der Waals surface area (Å²) in [6, 6.07) is 6.45. The van der Waals surface area contributed by atoms with E-state index in [9.17, 15) is 12.8 Å². The van der Waals surface area contributed by atoms with E-state index in [0.717, 1.165) is 29.2 Å². The predicted molar refractivity (Wildman–Crippen MR) is 107 cm³/mol. The lowest BCUT2D eigenvalue weighted by atomic mass is 10.1. The zero-order chi connectivity index (χ0) is 19.6. The molecule has 152 valence electrons. The van der Waals surface area contributed by atoms with Crippen LogP contribution in [0.5, 0.6) is 0 Å². The van der Waals surface area contributed by atoms with E-state index in [4.69, 9.17) is 4.74 Å². The lowest BCUT2D eigenvalue weighted by Crippen LogP contribution is -2.51. The zero-order valence-electron chi connectivity index (χ0n) is 15.4. The van der Waals surface area contributed by atoms with Crippen molar-refractivity contribution >= 4 is 26.7 Å². The van der Waals surface area contributed by atoms with Gasteiger partial charge in [0.15, 0.2) is 5.13 Å². The van der Waals surface area contributed by atoms with Crippen LogP contribution < -0.4 is 5.32 Å². The molecule has 2 aromatic rings. The Morgan fingerprint density at radius 2 is 1.71 bits per heavy atom. The zero-order valence-corrected chi connectivity index (χ0v) is 17.0. The quantitative estimate of drug-likeness (QED) is 0.795. The van der Waals surface area contributed by atoms with Crippen molar-refractivity contribution < 1.29 is 17.5 Å². The summed E-state index contributed by atoms with van der Waals surface area (Å²) in [6.07, 6.45) is 1.46. The molecule has 7 nitrogen and oxygen atoms in total. The van der Waals surface area contributed by atoms with Gasteiger partial charge in [0, 0.05) is 43.2 Å². The molecule has 2 aliphatic rings. The Hall–Kier alpha value is -1.59. The first kappa shape index (κ1) is 19.7. The Morgan fingerprint density at radius 3 is 2.39 bits per heavy atom. The molecule has 0 bridgehead atoms. The summed E-state index contributed by atoms with van der Waals surface area (Å²) in [4.78, 5) is 4.58. The van der Waals surface area contributed by atoms with E-state index in [1.807, 2.05) is 5.38 Å². The second-order valence-corrected chi connectivity index (χ2v) is 9.67. The highest BCUT2D eigenvalue weighted by atomic mass is 32.2. The number of halogens is 1. The van der Waals surface area contributed by atoms with Crippen LogP contribution in [0.25, 0.3) is 11.3 Å². The maximum atomic E-state index is 13.1. The molecule has 0 atom stereocenters.